The number of aromatic nitrogens is 1. The normalized spacial score (nSPS) is 17.5. The Morgan fingerprint density at radius 2 is 1.89 bits per heavy atom. The SMILES string of the molecule is CC(C)c1sc(C2(N)CCC2)nc1-c1ccccc1. The van der Waals surface area contributed by atoms with Crippen LogP contribution in [0.1, 0.15) is 48.9 Å². The number of hydrogen-bond donors (Lipinski definition) is 1. The van der Waals surface area contributed by atoms with Crippen molar-refractivity contribution in [3.63, 3.8) is 0 Å². The molecule has 2 N–H and O–H groups in total. The van der Waals surface area contributed by atoms with Crippen LogP contribution in [0.5, 0.6) is 0 Å². The summed E-state index contributed by atoms with van der Waals surface area (Å²) in [5, 5.41) is 1.13. The lowest BCUT2D eigenvalue weighted by Crippen LogP contribution is -2.43. The van der Waals surface area contributed by atoms with Crippen LogP contribution in [0.25, 0.3) is 11.3 Å². The molecule has 1 fully saturated rings. The lowest BCUT2D eigenvalue weighted by atomic mass is 9.78. The average Bonchev–Trinajstić information content (AvgIpc) is 2.82. The number of nitrogens with zero attached hydrogens (tertiary/aromatic N) is 1. The third-order valence-electron chi connectivity index (χ3n) is 3.90. The molecule has 1 heterocycles. The fourth-order valence-corrected chi connectivity index (χ4v) is 3.76. The van der Waals surface area contributed by atoms with Crippen LogP contribution in [0.15, 0.2) is 30.3 Å². The molecular weight excluding hydrogens is 252 g/mol. The molecule has 0 amide bonds. The topological polar surface area (TPSA) is 38.9 Å². The first-order valence-electron chi connectivity index (χ1n) is 6.96. The van der Waals surface area contributed by atoms with Gasteiger partial charge in [0.1, 0.15) is 5.01 Å². The van der Waals surface area contributed by atoms with Crippen molar-refractivity contribution in [1.29, 1.82) is 0 Å². The second kappa shape index (κ2) is 4.73. The van der Waals surface area contributed by atoms with Crippen molar-refractivity contribution >= 4 is 11.3 Å². The van der Waals surface area contributed by atoms with Gasteiger partial charge in [-0.3, -0.25) is 0 Å². The lowest BCUT2D eigenvalue weighted by molar-refractivity contribution is 0.253. The van der Waals surface area contributed by atoms with Gasteiger partial charge in [0.15, 0.2) is 0 Å². The summed E-state index contributed by atoms with van der Waals surface area (Å²) in [5.41, 5.74) is 8.62. The number of hydrogen-bond acceptors (Lipinski definition) is 3. The van der Waals surface area contributed by atoms with Crippen LogP contribution in [0.4, 0.5) is 0 Å². The Morgan fingerprint density at radius 1 is 1.21 bits per heavy atom. The number of benzene rings is 1. The standard InChI is InChI=1S/C16H20N2S/c1-11(2)14-13(12-7-4-3-5-8-12)18-15(19-14)16(17)9-6-10-16/h3-5,7-8,11H,6,9-10,17H2,1-2H3. The summed E-state index contributed by atoms with van der Waals surface area (Å²) in [6.07, 6.45) is 3.38. The summed E-state index contributed by atoms with van der Waals surface area (Å²) in [6.45, 7) is 4.46. The van der Waals surface area contributed by atoms with Gasteiger partial charge in [-0.15, -0.1) is 11.3 Å². The summed E-state index contributed by atoms with van der Waals surface area (Å²) in [5.74, 6) is 0.491. The zero-order chi connectivity index (χ0) is 13.5. The molecule has 0 bridgehead atoms. The molecule has 0 radical (unpaired) electrons. The van der Waals surface area contributed by atoms with Crippen molar-refractivity contribution in [2.24, 2.45) is 5.73 Å². The molecule has 1 aromatic heterocycles. The predicted molar refractivity (Wildman–Crippen MR) is 81.4 cm³/mol. The third-order valence-corrected chi connectivity index (χ3v) is 5.47. The van der Waals surface area contributed by atoms with Crippen LogP contribution in [0, 0.1) is 0 Å². The van der Waals surface area contributed by atoms with Gasteiger partial charge in [0.05, 0.1) is 11.2 Å². The van der Waals surface area contributed by atoms with Gasteiger partial charge in [0.25, 0.3) is 0 Å². The van der Waals surface area contributed by atoms with Crippen molar-refractivity contribution in [1.82, 2.24) is 4.98 Å². The highest BCUT2D eigenvalue weighted by Gasteiger charge is 2.38. The predicted octanol–water partition coefficient (Wildman–Crippen LogP) is 4.27. The van der Waals surface area contributed by atoms with Crippen molar-refractivity contribution < 1.29 is 0 Å². The smallest absolute Gasteiger partial charge is 0.113 e. The van der Waals surface area contributed by atoms with Gasteiger partial charge in [0, 0.05) is 10.4 Å². The Morgan fingerprint density at radius 3 is 2.42 bits per heavy atom. The van der Waals surface area contributed by atoms with E-state index in [4.69, 9.17) is 10.7 Å². The summed E-state index contributed by atoms with van der Waals surface area (Å²) < 4.78 is 0. The zero-order valence-corrected chi connectivity index (χ0v) is 12.3. The summed E-state index contributed by atoms with van der Waals surface area (Å²) >= 11 is 1.81. The van der Waals surface area contributed by atoms with E-state index in [-0.39, 0.29) is 5.54 Å². The molecule has 100 valence electrons. The minimum atomic E-state index is -0.151. The van der Waals surface area contributed by atoms with Gasteiger partial charge in [-0.1, -0.05) is 44.2 Å². The molecule has 3 rings (SSSR count). The molecule has 1 saturated carbocycles. The first-order valence-corrected chi connectivity index (χ1v) is 7.77. The fraction of sp³-hybridized carbons (Fsp3) is 0.438. The Hall–Kier alpha value is -1.19. The van der Waals surface area contributed by atoms with E-state index in [9.17, 15) is 0 Å². The monoisotopic (exact) mass is 272 g/mol. The summed E-state index contributed by atoms with van der Waals surface area (Å²) in [6, 6.07) is 10.4. The minimum absolute atomic E-state index is 0.151. The zero-order valence-electron chi connectivity index (χ0n) is 11.5. The van der Waals surface area contributed by atoms with Crippen molar-refractivity contribution in [2.45, 2.75) is 44.6 Å². The average molecular weight is 272 g/mol. The van der Waals surface area contributed by atoms with Crippen molar-refractivity contribution in [3.05, 3.63) is 40.2 Å². The van der Waals surface area contributed by atoms with E-state index in [2.05, 4.69) is 38.1 Å². The molecule has 3 heteroatoms. The molecule has 0 unspecified atom stereocenters. The molecule has 0 aliphatic heterocycles. The van der Waals surface area contributed by atoms with Crippen LogP contribution < -0.4 is 5.73 Å². The maximum atomic E-state index is 6.43. The van der Waals surface area contributed by atoms with Crippen LogP contribution in [-0.4, -0.2) is 4.98 Å². The van der Waals surface area contributed by atoms with E-state index in [1.54, 1.807) is 0 Å². The quantitative estimate of drug-likeness (QED) is 0.906. The molecule has 2 aromatic rings. The molecule has 0 saturated heterocycles. The van der Waals surface area contributed by atoms with E-state index >= 15 is 0 Å². The molecule has 1 aliphatic carbocycles. The van der Waals surface area contributed by atoms with Crippen LogP contribution in [0.3, 0.4) is 0 Å². The largest absolute Gasteiger partial charge is 0.319 e. The Labute approximate surface area is 118 Å². The Kier molecular flexibility index (Phi) is 3.19. The van der Waals surface area contributed by atoms with Gasteiger partial charge in [-0.2, -0.15) is 0 Å². The van der Waals surface area contributed by atoms with Crippen molar-refractivity contribution in [2.75, 3.05) is 0 Å². The molecule has 1 aromatic carbocycles. The molecule has 1 aliphatic rings. The number of thiazole rings is 1. The first-order chi connectivity index (χ1) is 9.10. The van der Waals surface area contributed by atoms with Gasteiger partial charge in [-0.25, -0.2) is 4.98 Å². The van der Waals surface area contributed by atoms with E-state index in [0.717, 1.165) is 23.5 Å². The summed E-state index contributed by atoms with van der Waals surface area (Å²) in [4.78, 5) is 6.25. The van der Waals surface area contributed by atoms with Gasteiger partial charge < -0.3 is 5.73 Å². The minimum Gasteiger partial charge on any atom is -0.319 e. The maximum absolute atomic E-state index is 6.43. The molecule has 0 spiro atoms. The van der Waals surface area contributed by atoms with Gasteiger partial charge in [0.2, 0.25) is 0 Å². The molecule has 0 atom stereocenters. The number of rotatable bonds is 3. The second-order valence-electron chi connectivity index (χ2n) is 5.76. The van der Waals surface area contributed by atoms with E-state index in [1.807, 2.05) is 17.4 Å². The molecule has 2 nitrogen and oxygen atoms in total. The fourth-order valence-electron chi connectivity index (χ4n) is 2.51. The first kappa shape index (κ1) is 12.8. The third kappa shape index (κ3) is 2.21. The van der Waals surface area contributed by atoms with Gasteiger partial charge in [-0.05, 0) is 25.2 Å². The van der Waals surface area contributed by atoms with E-state index in [1.165, 1.54) is 16.9 Å². The highest BCUT2D eigenvalue weighted by Crippen LogP contribution is 2.44. The van der Waals surface area contributed by atoms with E-state index < -0.39 is 0 Å². The molecule has 19 heavy (non-hydrogen) atoms. The lowest BCUT2D eigenvalue weighted by Gasteiger charge is -2.35. The maximum Gasteiger partial charge on any atom is 0.113 e. The van der Waals surface area contributed by atoms with E-state index in [0.29, 0.717) is 5.92 Å². The van der Waals surface area contributed by atoms with Crippen LogP contribution in [-0.2, 0) is 5.54 Å². The molecular formula is C16H20N2S. The van der Waals surface area contributed by atoms with Gasteiger partial charge >= 0.3 is 0 Å². The Bertz CT molecular complexity index is 568. The summed E-state index contributed by atoms with van der Waals surface area (Å²) in [7, 11) is 0. The van der Waals surface area contributed by atoms with Crippen LogP contribution >= 0.6 is 11.3 Å². The Balaban J connectivity index is 2.08. The van der Waals surface area contributed by atoms with Crippen LogP contribution in [0.2, 0.25) is 0 Å². The highest BCUT2D eigenvalue weighted by molar-refractivity contribution is 7.12. The second-order valence-corrected chi connectivity index (χ2v) is 6.79. The van der Waals surface area contributed by atoms with Crippen molar-refractivity contribution in [3.8, 4) is 11.3 Å². The number of nitrogens with two attached hydrogens (primary N) is 1. The highest BCUT2D eigenvalue weighted by atomic mass is 32.1.